The molecule has 1 saturated heterocycles. The second-order valence-electron chi connectivity index (χ2n) is 8.67. The maximum absolute atomic E-state index is 14.0. The van der Waals surface area contributed by atoms with Gasteiger partial charge in [0.05, 0.1) is 22.3 Å². The van der Waals surface area contributed by atoms with Crippen molar-refractivity contribution in [2.75, 3.05) is 25.5 Å². The fourth-order valence-electron chi connectivity index (χ4n) is 4.76. The number of aromatic nitrogens is 1. The molecule has 1 aliphatic heterocycles. The van der Waals surface area contributed by atoms with E-state index in [-0.39, 0.29) is 28.9 Å². The highest BCUT2D eigenvalue weighted by molar-refractivity contribution is 7.18. The molecule has 1 N–H and O–H groups in total. The Morgan fingerprint density at radius 1 is 1.22 bits per heavy atom. The van der Waals surface area contributed by atoms with Gasteiger partial charge in [0, 0.05) is 30.3 Å². The molecule has 0 unspecified atom stereocenters. The lowest BCUT2D eigenvalue weighted by atomic mass is 9.90. The Kier molecular flexibility index (Phi) is 5.12. The van der Waals surface area contributed by atoms with E-state index in [2.05, 4.69) is 10.3 Å². The maximum Gasteiger partial charge on any atom is 0.253 e. The van der Waals surface area contributed by atoms with Gasteiger partial charge in [-0.05, 0) is 68.0 Å². The highest BCUT2D eigenvalue weighted by Gasteiger charge is 2.58. The van der Waals surface area contributed by atoms with Gasteiger partial charge in [-0.2, -0.15) is 0 Å². The molecule has 2 fully saturated rings. The van der Waals surface area contributed by atoms with Gasteiger partial charge in [-0.15, -0.1) is 11.3 Å². The van der Waals surface area contributed by atoms with Crippen LogP contribution in [0.15, 0.2) is 36.4 Å². The zero-order chi connectivity index (χ0) is 22.5. The molecule has 1 saturated carbocycles. The molecule has 166 valence electrons. The Balaban J connectivity index is 1.19. The molecule has 1 aliphatic carbocycles. The summed E-state index contributed by atoms with van der Waals surface area (Å²) < 4.78 is 20.0. The van der Waals surface area contributed by atoms with E-state index < -0.39 is 5.82 Å². The Hall–Kier alpha value is -3.00. The van der Waals surface area contributed by atoms with Crippen molar-refractivity contribution in [2.24, 2.45) is 11.3 Å². The average Bonchev–Trinajstić information content (AvgIpc) is 3.35. The van der Waals surface area contributed by atoms with Crippen molar-refractivity contribution in [2.45, 2.75) is 26.2 Å². The Labute approximate surface area is 189 Å². The maximum atomic E-state index is 14.0. The smallest absolute Gasteiger partial charge is 0.253 e. The zero-order valence-electron chi connectivity index (χ0n) is 18.0. The van der Waals surface area contributed by atoms with Crippen LogP contribution in [0.4, 0.5) is 10.1 Å². The van der Waals surface area contributed by atoms with Gasteiger partial charge >= 0.3 is 0 Å². The third-order valence-electron chi connectivity index (χ3n) is 6.71. The highest BCUT2D eigenvalue weighted by atomic mass is 32.1. The number of amides is 2. The van der Waals surface area contributed by atoms with Crippen LogP contribution < -0.4 is 10.1 Å². The van der Waals surface area contributed by atoms with E-state index in [4.69, 9.17) is 4.74 Å². The summed E-state index contributed by atoms with van der Waals surface area (Å²) in [7, 11) is 1.39. The minimum atomic E-state index is -0.545. The number of methoxy groups -OCH3 is 1. The number of hydrogen-bond acceptors (Lipinski definition) is 5. The number of carbonyl (C=O) groups excluding carboxylic acids is 2. The molecule has 2 amide bonds. The molecule has 8 heteroatoms. The monoisotopic (exact) mass is 453 g/mol. The summed E-state index contributed by atoms with van der Waals surface area (Å²) in [5.41, 5.74) is 1.95. The molecule has 1 atom stereocenters. The Morgan fingerprint density at radius 2 is 2.00 bits per heavy atom. The van der Waals surface area contributed by atoms with Crippen LogP contribution in [0.2, 0.25) is 0 Å². The SMILES string of the molecule is COc1ccc(C(=O)N2CCC3(CC2)C[C@@H]3C(=O)Nc2ccc3sc(C)nc3c2)cc1F. The van der Waals surface area contributed by atoms with Crippen molar-refractivity contribution in [1.82, 2.24) is 9.88 Å². The number of nitrogens with zero attached hydrogens (tertiary/aromatic N) is 2. The molecule has 1 aromatic heterocycles. The number of fused-ring (bicyclic) bond motifs is 1. The van der Waals surface area contributed by atoms with Crippen molar-refractivity contribution in [3.63, 3.8) is 0 Å². The number of hydrogen-bond donors (Lipinski definition) is 1. The molecular formula is C24H24FN3O3S. The topological polar surface area (TPSA) is 71.5 Å². The molecule has 2 aliphatic rings. The van der Waals surface area contributed by atoms with Gasteiger partial charge < -0.3 is 15.0 Å². The number of anilines is 1. The van der Waals surface area contributed by atoms with E-state index in [1.54, 1.807) is 22.3 Å². The number of halogens is 1. The van der Waals surface area contributed by atoms with Crippen LogP contribution in [0.1, 0.15) is 34.6 Å². The summed E-state index contributed by atoms with van der Waals surface area (Å²) in [4.78, 5) is 31.9. The number of rotatable bonds is 4. The van der Waals surface area contributed by atoms with E-state index in [0.717, 1.165) is 40.2 Å². The minimum Gasteiger partial charge on any atom is -0.494 e. The number of likely N-dealkylation sites (tertiary alicyclic amines) is 1. The number of ether oxygens (including phenoxy) is 1. The summed E-state index contributed by atoms with van der Waals surface area (Å²) in [6, 6.07) is 10.1. The largest absolute Gasteiger partial charge is 0.494 e. The summed E-state index contributed by atoms with van der Waals surface area (Å²) in [6.45, 7) is 3.11. The summed E-state index contributed by atoms with van der Waals surface area (Å²) in [5, 5.41) is 4.05. The van der Waals surface area contributed by atoms with Crippen LogP contribution in [0.5, 0.6) is 5.75 Å². The van der Waals surface area contributed by atoms with Crippen LogP contribution >= 0.6 is 11.3 Å². The number of nitrogens with one attached hydrogen (secondary N) is 1. The van der Waals surface area contributed by atoms with Gasteiger partial charge in [-0.25, -0.2) is 9.37 Å². The molecule has 0 radical (unpaired) electrons. The number of thiazole rings is 1. The highest BCUT2D eigenvalue weighted by Crippen LogP contribution is 2.59. The van der Waals surface area contributed by atoms with E-state index in [1.807, 2.05) is 25.1 Å². The number of piperidine rings is 1. The minimum absolute atomic E-state index is 0.0344. The molecule has 1 spiro atoms. The zero-order valence-corrected chi connectivity index (χ0v) is 18.8. The van der Waals surface area contributed by atoms with E-state index >= 15 is 0 Å². The molecule has 2 aromatic carbocycles. The van der Waals surface area contributed by atoms with Gasteiger partial charge in [0.15, 0.2) is 11.6 Å². The standard InChI is InChI=1S/C24H24FN3O3S/c1-14-26-19-12-16(4-6-21(19)32-14)27-22(29)17-13-24(17)7-9-28(10-8-24)23(30)15-3-5-20(31-2)18(25)11-15/h3-6,11-12,17H,7-10,13H2,1-2H3,(H,27,29)/t17-/m1/s1. The summed E-state index contributed by atoms with van der Waals surface area (Å²) in [5.74, 6) is -0.610. The Morgan fingerprint density at radius 3 is 2.72 bits per heavy atom. The van der Waals surface area contributed by atoms with Crippen LogP contribution in [0.25, 0.3) is 10.2 Å². The third-order valence-corrected chi connectivity index (χ3v) is 7.67. The Bertz CT molecular complexity index is 1220. The molecule has 5 rings (SSSR count). The van der Waals surface area contributed by atoms with Crippen LogP contribution in [-0.4, -0.2) is 41.9 Å². The van der Waals surface area contributed by atoms with Crippen molar-refractivity contribution in [3.05, 3.63) is 52.8 Å². The normalized spacial score (nSPS) is 19.2. The van der Waals surface area contributed by atoms with Crippen LogP contribution in [-0.2, 0) is 4.79 Å². The quantitative estimate of drug-likeness (QED) is 0.625. The van der Waals surface area contributed by atoms with E-state index in [1.165, 1.54) is 19.2 Å². The average molecular weight is 454 g/mol. The number of carbonyl (C=O) groups is 2. The van der Waals surface area contributed by atoms with Gasteiger partial charge in [-0.3, -0.25) is 9.59 Å². The second kappa shape index (κ2) is 7.85. The van der Waals surface area contributed by atoms with Crippen molar-refractivity contribution >= 4 is 39.1 Å². The molecule has 32 heavy (non-hydrogen) atoms. The van der Waals surface area contributed by atoms with Crippen LogP contribution in [0.3, 0.4) is 0 Å². The molecule has 0 bridgehead atoms. The predicted molar refractivity (Wildman–Crippen MR) is 122 cm³/mol. The van der Waals surface area contributed by atoms with Crippen molar-refractivity contribution < 1.29 is 18.7 Å². The first-order chi connectivity index (χ1) is 15.4. The summed E-state index contributed by atoms with van der Waals surface area (Å²) >= 11 is 1.64. The van der Waals surface area contributed by atoms with Gasteiger partial charge in [-0.1, -0.05) is 0 Å². The van der Waals surface area contributed by atoms with Crippen LogP contribution in [0, 0.1) is 24.1 Å². The van der Waals surface area contributed by atoms with Gasteiger partial charge in [0.25, 0.3) is 5.91 Å². The fourth-order valence-corrected chi connectivity index (χ4v) is 5.57. The molecular weight excluding hydrogens is 429 g/mol. The molecule has 2 heterocycles. The van der Waals surface area contributed by atoms with Gasteiger partial charge in [0.1, 0.15) is 0 Å². The number of aryl methyl sites for hydroxylation is 1. The van der Waals surface area contributed by atoms with Gasteiger partial charge in [0.2, 0.25) is 5.91 Å². The van der Waals surface area contributed by atoms with E-state index in [0.29, 0.717) is 18.7 Å². The first-order valence-electron chi connectivity index (χ1n) is 10.7. The first kappa shape index (κ1) is 20.9. The lowest BCUT2D eigenvalue weighted by Crippen LogP contribution is -2.40. The molecule has 3 aromatic rings. The third kappa shape index (κ3) is 3.72. The second-order valence-corrected chi connectivity index (χ2v) is 9.90. The molecule has 6 nitrogen and oxygen atoms in total. The lowest BCUT2D eigenvalue weighted by Gasteiger charge is -2.33. The lowest BCUT2D eigenvalue weighted by molar-refractivity contribution is -0.118. The van der Waals surface area contributed by atoms with E-state index in [9.17, 15) is 14.0 Å². The predicted octanol–water partition coefficient (Wildman–Crippen LogP) is 4.63. The fraction of sp³-hybridized carbons (Fsp3) is 0.375. The number of benzene rings is 2. The van der Waals surface area contributed by atoms with Crippen molar-refractivity contribution in [1.29, 1.82) is 0 Å². The first-order valence-corrected chi connectivity index (χ1v) is 11.5. The van der Waals surface area contributed by atoms with Crippen molar-refractivity contribution in [3.8, 4) is 5.75 Å². The summed E-state index contributed by atoms with van der Waals surface area (Å²) in [6.07, 6.45) is 2.40.